The van der Waals surface area contributed by atoms with E-state index in [-0.39, 0.29) is 0 Å². The van der Waals surface area contributed by atoms with Crippen molar-refractivity contribution in [3.63, 3.8) is 0 Å². The van der Waals surface area contributed by atoms with Crippen LogP contribution in [-0.2, 0) is 6.54 Å². The predicted octanol–water partition coefficient (Wildman–Crippen LogP) is 4.73. The maximum absolute atomic E-state index is 10.4. The van der Waals surface area contributed by atoms with Gasteiger partial charge in [-0.15, -0.1) is 0 Å². The number of likely N-dealkylation sites (tertiary alicyclic amines) is 1. The molecule has 1 fully saturated rings. The van der Waals surface area contributed by atoms with Crippen LogP contribution in [0.5, 0.6) is 0 Å². The van der Waals surface area contributed by atoms with E-state index in [0.717, 1.165) is 44.0 Å². The van der Waals surface area contributed by atoms with Gasteiger partial charge in [-0.05, 0) is 79.5 Å². The Morgan fingerprint density at radius 3 is 2.58 bits per heavy atom. The van der Waals surface area contributed by atoms with Gasteiger partial charge < -0.3 is 5.73 Å². The van der Waals surface area contributed by atoms with Crippen molar-refractivity contribution in [3.8, 4) is 11.5 Å². The number of nitrogens with zero attached hydrogens (tertiary/aromatic N) is 7. The number of nitrogens with two attached hydrogens (primary N) is 1. The summed E-state index contributed by atoms with van der Waals surface area (Å²) in [5.74, 6) is 1.49. The van der Waals surface area contributed by atoms with Crippen molar-refractivity contribution in [2.75, 3.05) is 19.6 Å². The number of hydrogen-bond acceptors (Lipinski definition) is 6. The fourth-order valence-electron chi connectivity index (χ4n) is 4.59. The number of carbonyl (C=O) groups excluding carboxylic acids is 1. The van der Waals surface area contributed by atoms with Crippen LogP contribution in [0.25, 0.3) is 11.5 Å². The highest BCUT2D eigenvalue weighted by Crippen LogP contribution is 2.30. The summed E-state index contributed by atoms with van der Waals surface area (Å²) in [6.45, 7) is 5.94. The molecule has 1 aromatic carbocycles. The second-order valence-electron chi connectivity index (χ2n) is 9.45. The Labute approximate surface area is 226 Å². The summed E-state index contributed by atoms with van der Waals surface area (Å²) < 4.78 is 3.93. The third-order valence-electron chi connectivity index (χ3n) is 6.70. The monoisotopic (exact) mass is 528 g/mol. The molecule has 0 unspecified atom stereocenters. The molecule has 2 aliphatic rings. The van der Waals surface area contributed by atoms with Crippen LogP contribution in [0.15, 0.2) is 82.9 Å². The lowest BCUT2D eigenvalue weighted by Crippen LogP contribution is -2.35. The van der Waals surface area contributed by atoms with E-state index in [0.29, 0.717) is 12.5 Å². The van der Waals surface area contributed by atoms with Gasteiger partial charge in [0.1, 0.15) is 0 Å². The van der Waals surface area contributed by atoms with E-state index in [1.807, 2.05) is 27.8 Å². The van der Waals surface area contributed by atoms with Crippen molar-refractivity contribution < 1.29 is 4.79 Å². The number of thiophene rings is 1. The van der Waals surface area contributed by atoms with Crippen LogP contribution >= 0.6 is 11.3 Å². The highest BCUT2D eigenvalue weighted by atomic mass is 32.1. The standard InChI is InChI=1S/C23H25N5S.C5H7N3O/c1-18-3-5-21(6-4-18)28-23(27-11-2-10-24-27)15-22(25-28)20-7-12-26(13-8-20)16-19-9-14-29-17-19;6-5(9)8-3-1-2-7-4-8/h2-6,9-11,14-15,17,20H,7-8,12-13,16H2,1H3;1-2,4H,3H2,(H2,6,9). The number of primary amides is 1. The lowest BCUT2D eigenvalue weighted by molar-refractivity contribution is 0.203. The first-order chi connectivity index (χ1) is 18.6. The average Bonchev–Trinajstić information content (AvgIpc) is 3.73. The number of benzene rings is 1. The van der Waals surface area contributed by atoms with Gasteiger partial charge in [0.2, 0.25) is 0 Å². The molecule has 0 atom stereocenters. The van der Waals surface area contributed by atoms with Gasteiger partial charge in [0, 0.05) is 43.7 Å². The maximum Gasteiger partial charge on any atom is 0.320 e. The largest absolute Gasteiger partial charge is 0.351 e. The van der Waals surface area contributed by atoms with E-state index in [1.54, 1.807) is 23.6 Å². The highest BCUT2D eigenvalue weighted by Gasteiger charge is 2.24. The molecule has 0 saturated carbocycles. The molecule has 10 heteroatoms. The van der Waals surface area contributed by atoms with Crippen LogP contribution in [0.4, 0.5) is 4.79 Å². The number of urea groups is 1. The van der Waals surface area contributed by atoms with Crippen molar-refractivity contribution >= 4 is 23.7 Å². The second kappa shape index (κ2) is 12.0. The number of aromatic nitrogens is 4. The molecular weight excluding hydrogens is 496 g/mol. The number of amides is 2. The Morgan fingerprint density at radius 1 is 1.16 bits per heavy atom. The first-order valence-electron chi connectivity index (χ1n) is 12.7. The Kier molecular flexibility index (Phi) is 8.10. The summed E-state index contributed by atoms with van der Waals surface area (Å²) in [5.41, 5.74) is 9.85. The number of carbonyl (C=O) groups is 1. The molecule has 0 aliphatic carbocycles. The van der Waals surface area contributed by atoms with Gasteiger partial charge in [-0.3, -0.25) is 9.80 Å². The number of piperidine rings is 1. The van der Waals surface area contributed by atoms with Gasteiger partial charge in [-0.2, -0.15) is 21.5 Å². The van der Waals surface area contributed by atoms with Crippen molar-refractivity contribution in [1.82, 2.24) is 29.4 Å². The number of aliphatic imine (C=N–C) groups is 1. The van der Waals surface area contributed by atoms with E-state index in [9.17, 15) is 4.79 Å². The van der Waals surface area contributed by atoms with E-state index >= 15 is 0 Å². The number of aryl methyl sites for hydroxylation is 1. The van der Waals surface area contributed by atoms with Crippen molar-refractivity contribution in [2.45, 2.75) is 32.2 Å². The zero-order chi connectivity index (χ0) is 26.3. The Bertz CT molecular complexity index is 1360. The van der Waals surface area contributed by atoms with E-state index in [1.165, 1.54) is 28.1 Å². The molecule has 196 valence electrons. The highest BCUT2D eigenvalue weighted by molar-refractivity contribution is 7.07. The SMILES string of the molecule is Cc1ccc(-n2nc(C3CCN(Cc4ccsc4)CC3)cc2-n2cccn2)cc1.NC(=O)N1C=NC=CC1. The lowest BCUT2D eigenvalue weighted by Gasteiger charge is -2.30. The molecule has 2 N–H and O–H groups in total. The molecule has 4 aromatic rings. The topological polar surface area (TPSA) is 97.6 Å². The zero-order valence-electron chi connectivity index (χ0n) is 21.4. The van der Waals surface area contributed by atoms with Gasteiger partial charge in [0.05, 0.1) is 17.7 Å². The van der Waals surface area contributed by atoms with Crippen LogP contribution in [-0.4, -0.2) is 61.4 Å². The van der Waals surface area contributed by atoms with Crippen LogP contribution in [0.1, 0.15) is 35.6 Å². The minimum atomic E-state index is -0.469. The average molecular weight is 529 g/mol. The Hall–Kier alpha value is -4.02. The Balaban J connectivity index is 0.000000278. The molecule has 38 heavy (non-hydrogen) atoms. The normalized spacial score (nSPS) is 15.9. The van der Waals surface area contributed by atoms with Crippen molar-refractivity contribution in [3.05, 3.63) is 94.7 Å². The van der Waals surface area contributed by atoms with Crippen molar-refractivity contribution in [2.24, 2.45) is 10.7 Å². The molecule has 1 saturated heterocycles. The number of hydrogen-bond donors (Lipinski definition) is 1. The van der Waals surface area contributed by atoms with Crippen LogP contribution < -0.4 is 5.73 Å². The molecule has 3 aromatic heterocycles. The molecule has 6 rings (SSSR count). The zero-order valence-corrected chi connectivity index (χ0v) is 22.2. The molecule has 0 spiro atoms. The summed E-state index contributed by atoms with van der Waals surface area (Å²) in [7, 11) is 0. The summed E-state index contributed by atoms with van der Waals surface area (Å²) in [6, 6.07) is 14.4. The van der Waals surface area contributed by atoms with Crippen LogP contribution in [0.2, 0.25) is 0 Å². The van der Waals surface area contributed by atoms with Crippen LogP contribution in [0.3, 0.4) is 0 Å². The smallest absolute Gasteiger partial charge is 0.320 e. The maximum atomic E-state index is 10.4. The first kappa shape index (κ1) is 25.6. The predicted molar refractivity (Wildman–Crippen MR) is 151 cm³/mol. The van der Waals surface area contributed by atoms with Gasteiger partial charge in [-0.25, -0.2) is 19.2 Å². The van der Waals surface area contributed by atoms with E-state index in [4.69, 9.17) is 10.8 Å². The summed E-state index contributed by atoms with van der Waals surface area (Å²) in [6.07, 6.45) is 10.9. The number of rotatable bonds is 5. The third kappa shape index (κ3) is 6.27. The lowest BCUT2D eigenvalue weighted by atomic mass is 9.93. The molecule has 2 amide bonds. The van der Waals surface area contributed by atoms with Gasteiger partial charge in [-0.1, -0.05) is 17.7 Å². The van der Waals surface area contributed by atoms with Gasteiger partial charge in [0.15, 0.2) is 5.82 Å². The second-order valence-corrected chi connectivity index (χ2v) is 10.2. The molecule has 0 radical (unpaired) electrons. The van der Waals surface area contributed by atoms with Gasteiger partial charge >= 0.3 is 6.03 Å². The first-order valence-corrected chi connectivity index (χ1v) is 13.7. The third-order valence-corrected chi connectivity index (χ3v) is 7.43. The molecule has 0 bridgehead atoms. The summed E-state index contributed by atoms with van der Waals surface area (Å²) in [5, 5.41) is 13.9. The molecule has 5 heterocycles. The van der Waals surface area contributed by atoms with E-state index in [2.05, 4.69) is 69.1 Å². The fourth-order valence-corrected chi connectivity index (χ4v) is 5.25. The molecular formula is C28H32N8OS. The minimum Gasteiger partial charge on any atom is -0.351 e. The van der Waals surface area contributed by atoms with Crippen LogP contribution in [0, 0.1) is 6.92 Å². The Morgan fingerprint density at radius 2 is 1.97 bits per heavy atom. The van der Waals surface area contributed by atoms with E-state index < -0.39 is 6.03 Å². The summed E-state index contributed by atoms with van der Waals surface area (Å²) >= 11 is 1.78. The minimum absolute atomic E-state index is 0.469. The van der Waals surface area contributed by atoms with Crippen molar-refractivity contribution in [1.29, 1.82) is 0 Å². The quantitative estimate of drug-likeness (QED) is 0.405. The molecule has 2 aliphatic heterocycles. The molecule has 9 nitrogen and oxygen atoms in total. The fraction of sp³-hybridized carbons (Fsp3) is 0.286. The van der Waals surface area contributed by atoms with Gasteiger partial charge in [0.25, 0.3) is 0 Å². The summed E-state index contributed by atoms with van der Waals surface area (Å²) in [4.78, 5) is 18.0.